The third-order valence-electron chi connectivity index (χ3n) is 3.02. The van der Waals surface area contributed by atoms with Crippen LogP contribution in [-0.4, -0.2) is 26.7 Å². The van der Waals surface area contributed by atoms with Crippen LogP contribution in [0.5, 0.6) is 0 Å². The lowest BCUT2D eigenvalue weighted by atomic mass is 10.1. The van der Waals surface area contributed by atoms with E-state index in [2.05, 4.69) is 20.9 Å². The van der Waals surface area contributed by atoms with Crippen molar-refractivity contribution in [2.75, 3.05) is 10.7 Å². The molecular weight excluding hydrogens is 326 g/mol. The Bertz CT molecular complexity index is 856. The predicted molar refractivity (Wildman–Crippen MR) is 92.1 cm³/mol. The monoisotopic (exact) mass is 339 g/mol. The zero-order valence-corrected chi connectivity index (χ0v) is 13.2. The largest absolute Gasteiger partial charge is 0.322 e. The fourth-order valence-electron chi connectivity index (χ4n) is 1.94. The van der Waals surface area contributed by atoms with Crippen LogP contribution in [0.15, 0.2) is 60.5 Å². The highest BCUT2D eigenvalue weighted by atomic mass is 32.1. The molecule has 2 amide bonds. The van der Waals surface area contributed by atoms with Gasteiger partial charge in [-0.15, -0.1) is 21.5 Å². The summed E-state index contributed by atoms with van der Waals surface area (Å²) in [4.78, 5) is 25.3. The molecule has 2 aromatic heterocycles. The van der Waals surface area contributed by atoms with Crippen molar-refractivity contribution in [2.45, 2.75) is 0 Å². The van der Waals surface area contributed by atoms with Gasteiger partial charge in [-0.3, -0.25) is 15.0 Å². The molecule has 0 saturated carbocycles. The molecule has 2 heterocycles. The number of hydrogen-bond acceptors (Lipinski definition) is 5. The molecule has 0 spiro atoms. The highest BCUT2D eigenvalue weighted by Gasteiger charge is 2.12. The summed E-state index contributed by atoms with van der Waals surface area (Å²) in [5.74, 6) is -0.694. The third kappa shape index (κ3) is 3.93. The summed E-state index contributed by atoms with van der Waals surface area (Å²) < 4.78 is 1.33. The highest BCUT2D eigenvalue weighted by Crippen LogP contribution is 2.16. The Balaban J connectivity index is 1.71. The van der Waals surface area contributed by atoms with E-state index in [0.29, 0.717) is 11.3 Å². The van der Waals surface area contributed by atoms with E-state index in [1.165, 1.54) is 34.7 Å². The van der Waals surface area contributed by atoms with Crippen LogP contribution in [0.4, 0.5) is 5.69 Å². The van der Waals surface area contributed by atoms with Crippen LogP contribution in [0.25, 0.3) is 6.08 Å². The number of carbonyl (C=O) groups is 2. The molecule has 1 aromatic carbocycles. The van der Waals surface area contributed by atoms with E-state index in [1.54, 1.807) is 30.3 Å². The summed E-state index contributed by atoms with van der Waals surface area (Å²) in [5, 5.41) is 11.9. The number of anilines is 1. The van der Waals surface area contributed by atoms with Gasteiger partial charge < -0.3 is 5.32 Å². The summed E-state index contributed by atoms with van der Waals surface area (Å²) in [6.45, 7) is 0. The lowest BCUT2D eigenvalue weighted by molar-refractivity contribution is -0.111. The number of nitrogens with one attached hydrogen (secondary N) is 2. The number of hydrogen-bond donors (Lipinski definition) is 2. The summed E-state index contributed by atoms with van der Waals surface area (Å²) in [5.41, 5.74) is 3.35. The van der Waals surface area contributed by atoms with Gasteiger partial charge in [-0.1, -0.05) is 18.2 Å². The van der Waals surface area contributed by atoms with Gasteiger partial charge in [0.25, 0.3) is 5.91 Å². The number of nitrogens with zero attached hydrogens (tertiary/aromatic N) is 3. The number of aromatic nitrogens is 3. The van der Waals surface area contributed by atoms with Gasteiger partial charge in [-0.05, 0) is 29.7 Å². The Morgan fingerprint density at radius 2 is 1.88 bits per heavy atom. The Kier molecular flexibility index (Phi) is 4.78. The molecule has 3 aromatic rings. The fraction of sp³-hybridized carbons (Fsp3) is 0. The second-order valence-electron chi connectivity index (χ2n) is 4.69. The van der Waals surface area contributed by atoms with Crippen molar-refractivity contribution < 1.29 is 9.59 Å². The van der Waals surface area contributed by atoms with Gasteiger partial charge in [0.15, 0.2) is 0 Å². The van der Waals surface area contributed by atoms with Crippen molar-refractivity contribution >= 4 is 34.9 Å². The normalized spacial score (nSPS) is 10.7. The van der Waals surface area contributed by atoms with Crippen molar-refractivity contribution in [3.63, 3.8) is 0 Å². The van der Waals surface area contributed by atoms with Crippen molar-refractivity contribution in [3.8, 4) is 0 Å². The second-order valence-corrected chi connectivity index (χ2v) is 5.67. The van der Waals surface area contributed by atoms with Crippen molar-refractivity contribution in [1.29, 1.82) is 0 Å². The highest BCUT2D eigenvalue weighted by molar-refractivity contribution is 7.10. The van der Waals surface area contributed by atoms with Crippen LogP contribution in [0.1, 0.15) is 15.2 Å². The van der Waals surface area contributed by atoms with E-state index >= 15 is 0 Å². The number of rotatable bonds is 5. The zero-order valence-electron chi connectivity index (χ0n) is 12.4. The summed E-state index contributed by atoms with van der Waals surface area (Å²) in [7, 11) is 0. The Morgan fingerprint density at radius 3 is 2.62 bits per heavy atom. The van der Waals surface area contributed by atoms with Gasteiger partial charge in [0.2, 0.25) is 5.91 Å². The molecule has 2 N–H and O–H groups in total. The number of amides is 2. The minimum absolute atomic E-state index is 0.312. The maximum Gasteiger partial charge on any atom is 0.272 e. The first kappa shape index (κ1) is 15.6. The summed E-state index contributed by atoms with van der Waals surface area (Å²) >= 11 is 1.54. The van der Waals surface area contributed by atoms with Crippen LogP contribution < -0.4 is 10.7 Å². The van der Waals surface area contributed by atoms with Crippen LogP contribution in [0.2, 0.25) is 0 Å². The van der Waals surface area contributed by atoms with Crippen LogP contribution >= 0.6 is 11.3 Å². The molecule has 0 fully saturated rings. The first-order chi connectivity index (χ1) is 11.7. The maximum atomic E-state index is 12.3. The van der Waals surface area contributed by atoms with Crippen molar-refractivity contribution in [3.05, 3.63) is 70.9 Å². The molecule has 24 heavy (non-hydrogen) atoms. The van der Waals surface area contributed by atoms with Crippen LogP contribution in [0.3, 0.4) is 0 Å². The smallest absolute Gasteiger partial charge is 0.272 e. The molecular formula is C16H13N5O2S. The van der Waals surface area contributed by atoms with E-state index in [1.807, 2.05) is 17.5 Å². The molecule has 120 valence electrons. The van der Waals surface area contributed by atoms with Gasteiger partial charge >= 0.3 is 0 Å². The van der Waals surface area contributed by atoms with E-state index in [0.717, 1.165) is 4.88 Å². The molecule has 0 aliphatic carbocycles. The molecule has 0 saturated heterocycles. The first-order valence-electron chi connectivity index (χ1n) is 7.00. The molecule has 0 radical (unpaired) electrons. The minimum Gasteiger partial charge on any atom is -0.322 e. The van der Waals surface area contributed by atoms with E-state index in [9.17, 15) is 9.59 Å². The van der Waals surface area contributed by atoms with E-state index in [-0.39, 0.29) is 11.8 Å². The fourth-order valence-corrected chi connectivity index (χ4v) is 2.56. The number of thiophene rings is 1. The van der Waals surface area contributed by atoms with Crippen molar-refractivity contribution in [2.24, 2.45) is 0 Å². The van der Waals surface area contributed by atoms with E-state index < -0.39 is 0 Å². The number of carbonyl (C=O) groups excluding carboxylic acids is 2. The average molecular weight is 339 g/mol. The molecule has 7 nitrogen and oxygen atoms in total. The molecule has 0 aliphatic heterocycles. The van der Waals surface area contributed by atoms with Crippen molar-refractivity contribution in [1.82, 2.24) is 14.9 Å². The van der Waals surface area contributed by atoms with Crippen LogP contribution in [-0.2, 0) is 4.79 Å². The molecule has 0 unspecified atom stereocenters. The van der Waals surface area contributed by atoms with Crippen LogP contribution in [0, 0.1) is 0 Å². The SMILES string of the molecule is O=C(/C=C/c1cccs1)Nc1ccccc1C(=O)Nn1cnnc1. The summed E-state index contributed by atoms with van der Waals surface area (Å²) in [6, 6.07) is 10.6. The molecule has 0 aliphatic rings. The van der Waals surface area contributed by atoms with Gasteiger partial charge in [0.1, 0.15) is 12.7 Å². The van der Waals surface area contributed by atoms with Gasteiger partial charge in [0, 0.05) is 11.0 Å². The Hall–Kier alpha value is -3.26. The predicted octanol–water partition coefficient (Wildman–Crippen LogP) is 2.38. The standard InChI is InChI=1S/C16H13N5O2S/c22-15(8-7-12-4-3-9-24-12)19-14-6-2-1-5-13(14)16(23)20-21-10-17-18-11-21/h1-11H,(H,19,22)(H,20,23)/b8-7+. The second kappa shape index (κ2) is 7.34. The molecule has 0 bridgehead atoms. The lowest BCUT2D eigenvalue weighted by Gasteiger charge is -2.10. The molecule has 8 heteroatoms. The Labute approximate surface area is 141 Å². The average Bonchev–Trinajstić information content (AvgIpc) is 3.27. The maximum absolute atomic E-state index is 12.3. The quantitative estimate of drug-likeness (QED) is 0.699. The topological polar surface area (TPSA) is 88.9 Å². The Morgan fingerprint density at radius 1 is 1.08 bits per heavy atom. The minimum atomic E-state index is -0.382. The number of para-hydroxylation sites is 1. The van der Waals surface area contributed by atoms with E-state index in [4.69, 9.17) is 0 Å². The third-order valence-corrected chi connectivity index (χ3v) is 3.86. The van der Waals surface area contributed by atoms with Gasteiger partial charge in [0.05, 0.1) is 11.3 Å². The zero-order chi connectivity index (χ0) is 16.8. The number of benzene rings is 1. The molecule has 3 rings (SSSR count). The van der Waals surface area contributed by atoms with Gasteiger partial charge in [-0.25, -0.2) is 4.68 Å². The lowest BCUT2D eigenvalue weighted by Crippen LogP contribution is -2.23. The summed E-state index contributed by atoms with van der Waals surface area (Å²) in [6.07, 6.45) is 5.88. The van der Waals surface area contributed by atoms with Gasteiger partial charge in [-0.2, -0.15) is 0 Å². The molecule has 0 atom stereocenters. The first-order valence-corrected chi connectivity index (χ1v) is 7.88.